The lowest BCUT2D eigenvalue weighted by molar-refractivity contribution is -0.121. The summed E-state index contributed by atoms with van der Waals surface area (Å²) in [5.74, 6) is -0.0419. The van der Waals surface area contributed by atoms with E-state index in [2.05, 4.69) is 34.5 Å². The zero-order chi connectivity index (χ0) is 16.2. The molecule has 1 unspecified atom stereocenters. The molecule has 120 valence electrons. The molecule has 2 aromatic carbocycles. The third-order valence-corrected chi connectivity index (χ3v) is 4.91. The van der Waals surface area contributed by atoms with Crippen LogP contribution in [0.1, 0.15) is 13.3 Å². The maximum atomic E-state index is 12.0. The number of nitrogens with one attached hydrogen (secondary N) is 1. The molecule has 0 fully saturated rings. The molecular weight excluding hydrogens is 308 g/mol. The molecule has 1 amide bonds. The Hall–Kier alpha value is -1.98. The van der Waals surface area contributed by atoms with Gasteiger partial charge in [-0.1, -0.05) is 36.0 Å². The highest BCUT2D eigenvalue weighted by Crippen LogP contribution is 2.47. The lowest BCUT2D eigenvalue weighted by Gasteiger charge is -2.32. The van der Waals surface area contributed by atoms with Gasteiger partial charge in [-0.05, 0) is 31.2 Å². The second-order valence-corrected chi connectivity index (χ2v) is 6.67. The fourth-order valence-corrected chi connectivity index (χ4v) is 3.72. The first-order chi connectivity index (χ1) is 11.2. The first kappa shape index (κ1) is 15.9. The van der Waals surface area contributed by atoms with Gasteiger partial charge in [0.2, 0.25) is 5.91 Å². The van der Waals surface area contributed by atoms with Crippen LogP contribution < -0.4 is 10.2 Å². The van der Waals surface area contributed by atoms with Crippen LogP contribution in [-0.2, 0) is 4.79 Å². The number of rotatable bonds is 5. The summed E-state index contributed by atoms with van der Waals surface area (Å²) in [7, 11) is 0. The highest BCUT2D eigenvalue weighted by atomic mass is 32.2. The van der Waals surface area contributed by atoms with E-state index in [1.165, 1.54) is 9.79 Å². The first-order valence-corrected chi connectivity index (χ1v) is 8.54. The molecule has 1 aliphatic heterocycles. The van der Waals surface area contributed by atoms with Crippen molar-refractivity contribution in [2.45, 2.75) is 29.2 Å². The number of hydrogen-bond acceptors (Lipinski definition) is 4. The van der Waals surface area contributed by atoms with Crippen molar-refractivity contribution in [3.8, 4) is 0 Å². The van der Waals surface area contributed by atoms with Crippen molar-refractivity contribution in [3.05, 3.63) is 48.5 Å². The zero-order valence-corrected chi connectivity index (χ0v) is 13.8. The Labute approximate surface area is 140 Å². The van der Waals surface area contributed by atoms with Gasteiger partial charge in [-0.25, -0.2) is 0 Å². The van der Waals surface area contributed by atoms with E-state index < -0.39 is 0 Å². The summed E-state index contributed by atoms with van der Waals surface area (Å²) in [6.45, 7) is 2.36. The van der Waals surface area contributed by atoms with E-state index >= 15 is 0 Å². The van der Waals surface area contributed by atoms with Gasteiger partial charge < -0.3 is 15.3 Å². The van der Waals surface area contributed by atoms with Crippen LogP contribution in [-0.4, -0.2) is 30.2 Å². The molecule has 5 heteroatoms. The summed E-state index contributed by atoms with van der Waals surface area (Å²) in [6, 6.07) is 16.3. The molecule has 0 aliphatic carbocycles. The van der Waals surface area contributed by atoms with Crippen molar-refractivity contribution in [1.82, 2.24) is 5.32 Å². The van der Waals surface area contributed by atoms with E-state index in [-0.39, 0.29) is 18.6 Å². The number of benzene rings is 2. The Balaban J connectivity index is 1.80. The molecule has 3 rings (SSSR count). The van der Waals surface area contributed by atoms with Crippen molar-refractivity contribution in [1.29, 1.82) is 0 Å². The Morgan fingerprint density at radius 3 is 2.26 bits per heavy atom. The van der Waals surface area contributed by atoms with Crippen LogP contribution in [0.25, 0.3) is 0 Å². The minimum absolute atomic E-state index is 0.0419. The number of aliphatic hydroxyl groups is 1. The number of carbonyl (C=O) groups excluding carboxylic acids is 1. The third kappa shape index (κ3) is 3.51. The Morgan fingerprint density at radius 2 is 1.70 bits per heavy atom. The van der Waals surface area contributed by atoms with Gasteiger partial charge in [-0.3, -0.25) is 4.79 Å². The van der Waals surface area contributed by atoms with Crippen LogP contribution in [0.3, 0.4) is 0 Å². The monoisotopic (exact) mass is 328 g/mol. The highest BCUT2D eigenvalue weighted by molar-refractivity contribution is 7.99. The summed E-state index contributed by atoms with van der Waals surface area (Å²) in [4.78, 5) is 16.6. The van der Waals surface area contributed by atoms with Gasteiger partial charge in [-0.15, -0.1) is 0 Å². The largest absolute Gasteiger partial charge is 0.394 e. The van der Waals surface area contributed by atoms with Crippen molar-refractivity contribution in [2.24, 2.45) is 0 Å². The molecule has 0 aromatic heterocycles. The standard InChI is InChI=1S/C18H20N2O2S/c1-13(12-21)19-18(22)10-11-20-14-6-2-4-8-16(14)23-17-9-5-3-7-15(17)20/h2-9,13,21H,10-12H2,1H3,(H,19,22). The average molecular weight is 328 g/mol. The minimum Gasteiger partial charge on any atom is -0.394 e. The van der Waals surface area contributed by atoms with Crippen LogP contribution in [0.15, 0.2) is 58.3 Å². The van der Waals surface area contributed by atoms with Crippen LogP contribution in [0.5, 0.6) is 0 Å². The normalized spacial score (nSPS) is 13.9. The van der Waals surface area contributed by atoms with Crippen molar-refractivity contribution >= 4 is 29.0 Å². The van der Waals surface area contributed by atoms with Crippen LogP contribution in [0, 0.1) is 0 Å². The maximum absolute atomic E-state index is 12.0. The predicted octanol–water partition coefficient (Wildman–Crippen LogP) is 3.18. The zero-order valence-electron chi connectivity index (χ0n) is 13.0. The first-order valence-electron chi connectivity index (χ1n) is 7.72. The Kier molecular flexibility index (Phi) is 4.88. The summed E-state index contributed by atoms with van der Waals surface area (Å²) in [5.41, 5.74) is 2.28. The molecule has 4 nitrogen and oxygen atoms in total. The molecule has 0 saturated carbocycles. The van der Waals surface area contributed by atoms with E-state index in [1.807, 2.05) is 24.3 Å². The lowest BCUT2D eigenvalue weighted by atomic mass is 10.2. The minimum atomic E-state index is -0.209. The maximum Gasteiger partial charge on any atom is 0.222 e. The number of carbonyl (C=O) groups is 1. The number of nitrogens with zero attached hydrogens (tertiary/aromatic N) is 1. The molecule has 2 aromatic rings. The number of hydrogen-bond donors (Lipinski definition) is 2. The average Bonchev–Trinajstić information content (AvgIpc) is 2.58. The van der Waals surface area contributed by atoms with Crippen molar-refractivity contribution in [3.63, 3.8) is 0 Å². The molecule has 0 saturated heterocycles. The van der Waals surface area contributed by atoms with E-state index in [9.17, 15) is 4.79 Å². The van der Waals surface area contributed by atoms with Crippen LogP contribution in [0.4, 0.5) is 11.4 Å². The molecule has 1 aliphatic rings. The second-order valence-electron chi connectivity index (χ2n) is 5.59. The topological polar surface area (TPSA) is 52.6 Å². The molecule has 23 heavy (non-hydrogen) atoms. The SMILES string of the molecule is CC(CO)NC(=O)CCN1c2ccccc2Sc2ccccc21. The lowest BCUT2D eigenvalue weighted by Crippen LogP contribution is -2.37. The van der Waals surface area contributed by atoms with Crippen molar-refractivity contribution in [2.75, 3.05) is 18.1 Å². The van der Waals surface area contributed by atoms with E-state index in [4.69, 9.17) is 5.11 Å². The van der Waals surface area contributed by atoms with Gasteiger partial charge in [0.15, 0.2) is 0 Å². The van der Waals surface area contributed by atoms with Gasteiger partial charge in [0.05, 0.1) is 18.0 Å². The van der Waals surface area contributed by atoms with Gasteiger partial charge in [0.1, 0.15) is 0 Å². The summed E-state index contributed by atoms with van der Waals surface area (Å²) >= 11 is 1.76. The van der Waals surface area contributed by atoms with Crippen LogP contribution in [0.2, 0.25) is 0 Å². The summed E-state index contributed by atoms with van der Waals surface area (Å²) in [6.07, 6.45) is 0.387. The Morgan fingerprint density at radius 1 is 1.13 bits per heavy atom. The summed E-state index contributed by atoms with van der Waals surface area (Å²) in [5, 5.41) is 11.8. The molecule has 0 spiro atoms. The third-order valence-electron chi connectivity index (χ3n) is 3.78. The van der Waals surface area contributed by atoms with E-state index in [0.717, 1.165) is 11.4 Å². The summed E-state index contributed by atoms with van der Waals surface area (Å²) < 4.78 is 0. The van der Waals surface area contributed by atoms with Crippen molar-refractivity contribution < 1.29 is 9.90 Å². The quantitative estimate of drug-likeness (QED) is 0.885. The number of aliphatic hydroxyl groups excluding tert-OH is 1. The predicted molar refractivity (Wildman–Crippen MR) is 93.3 cm³/mol. The molecule has 1 atom stereocenters. The Bertz CT molecular complexity index is 659. The number of anilines is 2. The molecule has 2 N–H and O–H groups in total. The van der Waals surface area contributed by atoms with E-state index in [0.29, 0.717) is 13.0 Å². The second kappa shape index (κ2) is 7.06. The van der Waals surface area contributed by atoms with E-state index in [1.54, 1.807) is 18.7 Å². The fourth-order valence-electron chi connectivity index (χ4n) is 2.63. The number of para-hydroxylation sites is 2. The molecule has 0 bridgehead atoms. The number of amides is 1. The molecule has 0 radical (unpaired) electrons. The number of fused-ring (bicyclic) bond motifs is 2. The highest BCUT2D eigenvalue weighted by Gasteiger charge is 2.23. The van der Waals surface area contributed by atoms with Gasteiger partial charge in [-0.2, -0.15) is 0 Å². The smallest absolute Gasteiger partial charge is 0.222 e. The molecule has 1 heterocycles. The van der Waals surface area contributed by atoms with Gasteiger partial charge in [0.25, 0.3) is 0 Å². The van der Waals surface area contributed by atoms with Gasteiger partial charge >= 0.3 is 0 Å². The van der Waals surface area contributed by atoms with Crippen LogP contribution >= 0.6 is 11.8 Å². The molecular formula is C18H20N2O2S. The van der Waals surface area contributed by atoms with Gasteiger partial charge in [0, 0.05) is 28.8 Å². The fraction of sp³-hybridized carbons (Fsp3) is 0.278.